The third-order valence-corrected chi connectivity index (χ3v) is 4.32. The average Bonchev–Trinajstić information content (AvgIpc) is 3.27. The van der Waals surface area contributed by atoms with E-state index in [-0.39, 0.29) is 5.82 Å². The van der Waals surface area contributed by atoms with Gasteiger partial charge in [-0.3, -0.25) is 0 Å². The van der Waals surface area contributed by atoms with Gasteiger partial charge in [0, 0.05) is 36.3 Å². The summed E-state index contributed by atoms with van der Waals surface area (Å²) in [6.07, 6.45) is 2.69. The number of aromatic amines is 1. The summed E-state index contributed by atoms with van der Waals surface area (Å²) in [4.78, 5) is 7.72. The summed E-state index contributed by atoms with van der Waals surface area (Å²) >= 11 is 0. The van der Waals surface area contributed by atoms with Crippen molar-refractivity contribution in [2.75, 3.05) is 13.1 Å². The van der Waals surface area contributed by atoms with E-state index in [0.29, 0.717) is 25.0 Å². The Bertz CT molecular complexity index is 912. The molecular weight excluding hydrogens is 345 g/mol. The highest BCUT2D eigenvalue weighted by Gasteiger charge is 2.08. The van der Waals surface area contributed by atoms with Gasteiger partial charge in [-0.1, -0.05) is 19.0 Å². The van der Waals surface area contributed by atoms with E-state index in [1.807, 2.05) is 19.2 Å². The minimum Gasteiger partial charge on any atom is -0.361 e. The number of halogens is 1. The fraction of sp³-hybridized carbons (Fsp3) is 0.400. The SMILES string of the molecule is CCNC(=NCc1cc(C(C)C)no1)NCCc1c[nH]c2ccc(F)cc12. The number of hydrogen-bond acceptors (Lipinski definition) is 3. The van der Waals surface area contributed by atoms with Gasteiger partial charge in [0.05, 0.1) is 5.69 Å². The van der Waals surface area contributed by atoms with Crippen molar-refractivity contribution in [3.05, 3.63) is 53.3 Å². The lowest BCUT2D eigenvalue weighted by Gasteiger charge is -2.10. The average molecular weight is 371 g/mol. The van der Waals surface area contributed by atoms with E-state index in [1.165, 1.54) is 6.07 Å². The van der Waals surface area contributed by atoms with Crippen molar-refractivity contribution in [2.24, 2.45) is 4.99 Å². The lowest BCUT2D eigenvalue weighted by atomic mass is 10.1. The number of aliphatic imine (C=N–C) groups is 1. The van der Waals surface area contributed by atoms with E-state index in [0.717, 1.165) is 40.9 Å². The molecule has 27 heavy (non-hydrogen) atoms. The number of rotatable bonds is 7. The van der Waals surface area contributed by atoms with E-state index >= 15 is 0 Å². The minimum absolute atomic E-state index is 0.223. The van der Waals surface area contributed by atoms with Gasteiger partial charge in [0.25, 0.3) is 0 Å². The lowest BCUT2D eigenvalue weighted by molar-refractivity contribution is 0.376. The maximum Gasteiger partial charge on any atom is 0.191 e. The van der Waals surface area contributed by atoms with E-state index in [1.54, 1.807) is 12.1 Å². The number of H-pyrrole nitrogens is 1. The first-order valence-electron chi connectivity index (χ1n) is 9.30. The maximum atomic E-state index is 13.5. The molecule has 0 aliphatic rings. The van der Waals surface area contributed by atoms with Crippen LogP contribution in [0.4, 0.5) is 4.39 Å². The summed E-state index contributed by atoms with van der Waals surface area (Å²) in [7, 11) is 0. The van der Waals surface area contributed by atoms with Crippen LogP contribution in [-0.4, -0.2) is 29.2 Å². The van der Waals surface area contributed by atoms with E-state index in [4.69, 9.17) is 4.52 Å². The van der Waals surface area contributed by atoms with Gasteiger partial charge in [-0.15, -0.1) is 0 Å². The van der Waals surface area contributed by atoms with Crippen LogP contribution in [0.25, 0.3) is 10.9 Å². The molecular formula is C20H26FN5O. The van der Waals surface area contributed by atoms with Crippen molar-refractivity contribution in [1.29, 1.82) is 0 Å². The molecule has 1 aromatic carbocycles. The highest BCUT2D eigenvalue weighted by Crippen LogP contribution is 2.19. The molecule has 0 aliphatic carbocycles. The van der Waals surface area contributed by atoms with E-state index < -0.39 is 0 Å². The third-order valence-electron chi connectivity index (χ3n) is 4.32. The molecule has 3 aromatic rings. The lowest BCUT2D eigenvalue weighted by Crippen LogP contribution is -2.38. The highest BCUT2D eigenvalue weighted by atomic mass is 19.1. The fourth-order valence-corrected chi connectivity index (χ4v) is 2.85. The van der Waals surface area contributed by atoms with Gasteiger partial charge in [-0.25, -0.2) is 9.38 Å². The third kappa shape index (κ3) is 4.87. The van der Waals surface area contributed by atoms with Gasteiger partial charge in [-0.2, -0.15) is 0 Å². The number of guanidine groups is 1. The topological polar surface area (TPSA) is 78.2 Å². The molecule has 0 aliphatic heterocycles. The Morgan fingerprint density at radius 2 is 2.15 bits per heavy atom. The molecule has 3 N–H and O–H groups in total. The Morgan fingerprint density at radius 3 is 2.89 bits per heavy atom. The van der Waals surface area contributed by atoms with Gasteiger partial charge in [0.15, 0.2) is 11.7 Å². The van der Waals surface area contributed by atoms with Crippen molar-refractivity contribution >= 4 is 16.9 Å². The fourth-order valence-electron chi connectivity index (χ4n) is 2.85. The van der Waals surface area contributed by atoms with Crippen LogP contribution in [-0.2, 0) is 13.0 Å². The second kappa shape index (κ2) is 8.70. The number of hydrogen-bond donors (Lipinski definition) is 3. The molecule has 0 saturated carbocycles. The molecule has 3 rings (SSSR count). The van der Waals surface area contributed by atoms with Crippen molar-refractivity contribution < 1.29 is 8.91 Å². The van der Waals surface area contributed by atoms with Gasteiger partial charge < -0.3 is 20.1 Å². The van der Waals surface area contributed by atoms with Crippen LogP contribution >= 0.6 is 0 Å². The van der Waals surface area contributed by atoms with Crippen LogP contribution < -0.4 is 10.6 Å². The van der Waals surface area contributed by atoms with Gasteiger partial charge >= 0.3 is 0 Å². The Morgan fingerprint density at radius 1 is 1.30 bits per heavy atom. The first-order chi connectivity index (χ1) is 13.1. The standard InChI is InChI=1S/C20H26FN5O/c1-4-22-20(25-12-16-10-19(13(2)3)26-27-16)23-8-7-14-11-24-18-6-5-15(21)9-17(14)18/h5-6,9-11,13,24H,4,7-8,12H2,1-3H3,(H2,22,23,25). The number of fused-ring (bicyclic) bond motifs is 1. The zero-order valence-corrected chi connectivity index (χ0v) is 16.0. The Labute approximate surface area is 158 Å². The predicted molar refractivity (Wildman–Crippen MR) is 105 cm³/mol. The number of benzene rings is 1. The predicted octanol–water partition coefficient (Wildman–Crippen LogP) is 3.72. The summed E-state index contributed by atoms with van der Waals surface area (Å²) in [6.45, 7) is 8.04. The first-order valence-corrected chi connectivity index (χ1v) is 9.30. The van der Waals surface area contributed by atoms with Crippen molar-refractivity contribution in [3.8, 4) is 0 Å². The zero-order chi connectivity index (χ0) is 19.2. The Hall–Kier alpha value is -2.83. The molecule has 0 saturated heterocycles. The summed E-state index contributed by atoms with van der Waals surface area (Å²) in [5.41, 5.74) is 2.95. The van der Waals surface area contributed by atoms with E-state index in [9.17, 15) is 4.39 Å². The zero-order valence-electron chi connectivity index (χ0n) is 16.0. The smallest absolute Gasteiger partial charge is 0.191 e. The van der Waals surface area contributed by atoms with Gasteiger partial charge in [0.1, 0.15) is 12.4 Å². The largest absolute Gasteiger partial charge is 0.361 e. The Kier molecular flexibility index (Phi) is 6.11. The molecule has 0 atom stereocenters. The summed E-state index contributed by atoms with van der Waals surface area (Å²) < 4.78 is 18.8. The molecule has 2 aromatic heterocycles. The molecule has 7 heteroatoms. The van der Waals surface area contributed by atoms with Crippen LogP contribution in [0, 0.1) is 5.82 Å². The van der Waals surface area contributed by atoms with Gasteiger partial charge in [0.2, 0.25) is 0 Å². The molecule has 0 radical (unpaired) electrons. The Balaban J connectivity index is 1.59. The van der Waals surface area contributed by atoms with Crippen LogP contribution in [0.1, 0.15) is 43.7 Å². The summed E-state index contributed by atoms with van der Waals surface area (Å²) in [5.74, 6) is 1.56. The van der Waals surface area contributed by atoms with Crippen molar-refractivity contribution in [1.82, 2.24) is 20.8 Å². The number of nitrogens with zero attached hydrogens (tertiary/aromatic N) is 2. The molecule has 0 fully saturated rings. The quantitative estimate of drug-likeness (QED) is 0.437. The number of aromatic nitrogens is 2. The number of nitrogens with one attached hydrogen (secondary N) is 3. The van der Waals surface area contributed by atoms with Crippen LogP contribution in [0.2, 0.25) is 0 Å². The van der Waals surface area contributed by atoms with Crippen LogP contribution in [0.5, 0.6) is 0 Å². The summed E-state index contributed by atoms with van der Waals surface area (Å²) in [6, 6.07) is 6.73. The molecule has 0 unspecified atom stereocenters. The molecule has 0 amide bonds. The van der Waals surface area contributed by atoms with Gasteiger partial charge in [-0.05, 0) is 43.0 Å². The molecule has 0 spiro atoms. The monoisotopic (exact) mass is 371 g/mol. The summed E-state index contributed by atoms with van der Waals surface area (Å²) in [5, 5.41) is 11.5. The minimum atomic E-state index is -0.223. The van der Waals surface area contributed by atoms with E-state index in [2.05, 4.69) is 39.6 Å². The second-order valence-electron chi connectivity index (χ2n) is 6.75. The van der Waals surface area contributed by atoms with Crippen LogP contribution in [0.3, 0.4) is 0 Å². The molecule has 2 heterocycles. The molecule has 0 bridgehead atoms. The van der Waals surface area contributed by atoms with Crippen LogP contribution in [0.15, 0.2) is 40.0 Å². The van der Waals surface area contributed by atoms with Crippen molar-refractivity contribution in [2.45, 2.75) is 39.7 Å². The molecule has 144 valence electrons. The molecule has 6 nitrogen and oxygen atoms in total. The second-order valence-corrected chi connectivity index (χ2v) is 6.75. The first kappa shape index (κ1) is 18.9. The maximum absolute atomic E-state index is 13.5. The van der Waals surface area contributed by atoms with Crippen molar-refractivity contribution in [3.63, 3.8) is 0 Å². The normalized spacial score (nSPS) is 12.1. The highest BCUT2D eigenvalue weighted by molar-refractivity contribution is 5.83.